The minimum atomic E-state index is -0.150. The summed E-state index contributed by atoms with van der Waals surface area (Å²) in [4.78, 5) is 14.7. The number of nitrogen functional groups attached to an aromatic ring is 1. The number of amides is 1. The number of ether oxygens (including phenoxy) is 1. The molecule has 0 saturated carbocycles. The van der Waals surface area contributed by atoms with Crippen LogP contribution in [0.25, 0.3) is 0 Å². The van der Waals surface area contributed by atoms with E-state index in [4.69, 9.17) is 10.5 Å². The van der Waals surface area contributed by atoms with Crippen molar-refractivity contribution < 1.29 is 9.53 Å². The Morgan fingerprint density at radius 3 is 2.67 bits per heavy atom. The van der Waals surface area contributed by atoms with Gasteiger partial charge >= 0.3 is 0 Å². The van der Waals surface area contributed by atoms with Gasteiger partial charge in [-0.1, -0.05) is 12.1 Å². The number of carbonyl (C=O) groups excluding carboxylic acids is 1. The van der Waals surface area contributed by atoms with Crippen LogP contribution >= 0.6 is 15.9 Å². The Labute approximate surface area is 149 Å². The van der Waals surface area contributed by atoms with Crippen LogP contribution in [0.4, 0.5) is 17.1 Å². The average molecular weight is 390 g/mol. The molecule has 3 rings (SSSR count). The highest BCUT2D eigenvalue weighted by Crippen LogP contribution is 2.31. The Morgan fingerprint density at radius 1 is 1.25 bits per heavy atom. The molecule has 0 aliphatic carbocycles. The lowest BCUT2D eigenvalue weighted by molar-refractivity contribution is 0.102. The first-order chi connectivity index (χ1) is 11.6. The monoisotopic (exact) mass is 389 g/mol. The molecule has 0 aromatic heterocycles. The van der Waals surface area contributed by atoms with Crippen molar-refractivity contribution in [3.05, 3.63) is 52.0 Å². The number of nitrogens with zero attached hydrogens (tertiary/aromatic N) is 1. The summed E-state index contributed by atoms with van der Waals surface area (Å²) in [6, 6.07) is 11.2. The molecule has 24 heavy (non-hydrogen) atoms. The van der Waals surface area contributed by atoms with Gasteiger partial charge in [0.15, 0.2) is 0 Å². The molecule has 6 heteroatoms. The van der Waals surface area contributed by atoms with Crippen LogP contribution in [0.1, 0.15) is 15.9 Å². The Hall–Kier alpha value is -2.05. The molecule has 126 valence electrons. The maximum absolute atomic E-state index is 12.6. The molecule has 0 atom stereocenters. The van der Waals surface area contributed by atoms with Crippen molar-refractivity contribution in [3.63, 3.8) is 0 Å². The van der Waals surface area contributed by atoms with Crippen molar-refractivity contribution in [1.29, 1.82) is 0 Å². The van der Waals surface area contributed by atoms with Crippen molar-refractivity contribution in [3.8, 4) is 0 Å². The van der Waals surface area contributed by atoms with Gasteiger partial charge in [0.2, 0.25) is 0 Å². The van der Waals surface area contributed by atoms with Gasteiger partial charge in [0, 0.05) is 23.2 Å². The lowest BCUT2D eigenvalue weighted by Crippen LogP contribution is -2.36. The van der Waals surface area contributed by atoms with E-state index in [1.54, 1.807) is 6.07 Å². The molecule has 1 amide bonds. The number of morpholine rings is 1. The van der Waals surface area contributed by atoms with Gasteiger partial charge in [-0.15, -0.1) is 0 Å². The number of carbonyl (C=O) groups is 1. The van der Waals surface area contributed by atoms with E-state index in [1.807, 2.05) is 37.3 Å². The zero-order chi connectivity index (χ0) is 17.1. The van der Waals surface area contributed by atoms with E-state index >= 15 is 0 Å². The summed E-state index contributed by atoms with van der Waals surface area (Å²) >= 11 is 3.41. The van der Waals surface area contributed by atoms with E-state index in [9.17, 15) is 4.79 Å². The van der Waals surface area contributed by atoms with Crippen LogP contribution in [0, 0.1) is 6.92 Å². The van der Waals surface area contributed by atoms with Crippen LogP contribution in [0.2, 0.25) is 0 Å². The molecule has 3 N–H and O–H groups in total. The molecule has 1 fully saturated rings. The van der Waals surface area contributed by atoms with Crippen LogP contribution in [-0.4, -0.2) is 32.2 Å². The quantitative estimate of drug-likeness (QED) is 0.789. The lowest BCUT2D eigenvalue weighted by atomic mass is 10.1. The van der Waals surface area contributed by atoms with Crippen molar-refractivity contribution in [2.24, 2.45) is 0 Å². The van der Waals surface area contributed by atoms with Crippen LogP contribution in [0.5, 0.6) is 0 Å². The predicted octanol–water partition coefficient (Wildman–Crippen LogP) is 3.43. The molecule has 0 radical (unpaired) electrons. The molecule has 1 heterocycles. The first kappa shape index (κ1) is 16.8. The summed E-state index contributed by atoms with van der Waals surface area (Å²) in [5.74, 6) is -0.150. The number of benzene rings is 2. The van der Waals surface area contributed by atoms with Gasteiger partial charge in [0.05, 0.1) is 30.2 Å². The second-order valence-electron chi connectivity index (χ2n) is 5.76. The van der Waals surface area contributed by atoms with Gasteiger partial charge in [-0.05, 0) is 52.7 Å². The fourth-order valence-corrected chi connectivity index (χ4v) is 3.23. The summed E-state index contributed by atoms with van der Waals surface area (Å²) in [6.07, 6.45) is 0. The Balaban J connectivity index is 1.87. The molecule has 5 nitrogen and oxygen atoms in total. The number of hydrogen-bond donors (Lipinski definition) is 2. The van der Waals surface area contributed by atoms with Gasteiger partial charge < -0.3 is 20.7 Å². The number of hydrogen-bond acceptors (Lipinski definition) is 4. The fourth-order valence-electron chi connectivity index (χ4n) is 2.77. The molecule has 0 spiro atoms. The number of halogens is 1. The highest BCUT2D eigenvalue weighted by molar-refractivity contribution is 9.10. The third kappa shape index (κ3) is 3.55. The molecule has 1 aliphatic heterocycles. The van der Waals surface area contributed by atoms with E-state index in [2.05, 4.69) is 26.1 Å². The molecule has 0 unspecified atom stereocenters. The normalized spacial score (nSPS) is 14.5. The zero-order valence-electron chi connectivity index (χ0n) is 13.5. The first-order valence-corrected chi connectivity index (χ1v) is 8.64. The zero-order valence-corrected chi connectivity index (χ0v) is 15.1. The molecule has 0 bridgehead atoms. The smallest absolute Gasteiger partial charge is 0.256 e. The van der Waals surface area contributed by atoms with Gasteiger partial charge in [-0.25, -0.2) is 0 Å². The highest BCUT2D eigenvalue weighted by Gasteiger charge is 2.17. The van der Waals surface area contributed by atoms with Gasteiger partial charge in [0.1, 0.15) is 0 Å². The van der Waals surface area contributed by atoms with E-state index in [0.717, 1.165) is 34.5 Å². The molecule has 1 aliphatic rings. The lowest BCUT2D eigenvalue weighted by Gasteiger charge is -2.30. The molecular weight excluding hydrogens is 370 g/mol. The number of aryl methyl sites for hydroxylation is 1. The summed E-state index contributed by atoms with van der Waals surface area (Å²) in [5.41, 5.74) is 10.1. The van der Waals surface area contributed by atoms with Crippen LogP contribution in [-0.2, 0) is 4.74 Å². The van der Waals surface area contributed by atoms with Gasteiger partial charge in [-0.3, -0.25) is 4.79 Å². The van der Waals surface area contributed by atoms with Crippen molar-refractivity contribution >= 4 is 38.9 Å². The topological polar surface area (TPSA) is 67.6 Å². The Morgan fingerprint density at radius 2 is 1.96 bits per heavy atom. The van der Waals surface area contributed by atoms with Crippen LogP contribution in [0.3, 0.4) is 0 Å². The minimum Gasteiger partial charge on any atom is -0.397 e. The van der Waals surface area contributed by atoms with Gasteiger partial charge in [0.25, 0.3) is 5.91 Å². The average Bonchev–Trinajstić information content (AvgIpc) is 2.58. The second kappa shape index (κ2) is 7.23. The minimum absolute atomic E-state index is 0.150. The third-order valence-corrected chi connectivity index (χ3v) is 4.78. The maximum Gasteiger partial charge on any atom is 0.256 e. The maximum atomic E-state index is 12.6. The molecule has 2 aromatic carbocycles. The van der Waals surface area contributed by atoms with Crippen LogP contribution in [0.15, 0.2) is 40.9 Å². The summed E-state index contributed by atoms with van der Waals surface area (Å²) in [7, 11) is 0. The summed E-state index contributed by atoms with van der Waals surface area (Å²) in [5, 5.41) is 2.99. The van der Waals surface area contributed by atoms with E-state index in [0.29, 0.717) is 24.5 Å². The summed E-state index contributed by atoms with van der Waals surface area (Å²) < 4.78 is 6.16. The highest BCUT2D eigenvalue weighted by atomic mass is 79.9. The summed E-state index contributed by atoms with van der Waals surface area (Å²) in [6.45, 7) is 4.91. The fraction of sp³-hybridized carbons (Fsp3) is 0.278. The second-order valence-corrected chi connectivity index (χ2v) is 6.61. The van der Waals surface area contributed by atoms with Crippen LogP contribution < -0.4 is 16.0 Å². The molecular formula is C18H20BrN3O2. The number of anilines is 3. The Bertz CT molecular complexity index is 758. The predicted molar refractivity (Wildman–Crippen MR) is 101 cm³/mol. The molecule has 1 saturated heterocycles. The number of nitrogens with one attached hydrogen (secondary N) is 1. The third-order valence-electron chi connectivity index (χ3n) is 4.09. The van der Waals surface area contributed by atoms with Crippen molar-refractivity contribution in [1.82, 2.24) is 0 Å². The molecule has 2 aromatic rings. The first-order valence-electron chi connectivity index (χ1n) is 7.85. The Kier molecular flexibility index (Phi) is 5.06. The standard InChI is InChI=1S/C18H20BrN3O2/c1-12-10-15(20)17(22-6-8-24-9-7-22)11-16(12)21-18(23)13-4-2-3-5-14(13)19/h2-5,10-11H,6-9,20H2,1H3,(H,21,23). The number of rotatable bonds is 3. The van der Waals surface area contributed by atoms with E-state index < -0.39 is 0 Å². The SMILES string of the molecule is Cc1cc(N)c(N2CCOCC2)cc1NC(=O)c1ccccc1Br. The van der Waals surface area contributed by atoms with E-state index in [-0.39, 0.29) is 5.91 Å². The van der Waals surface area contributed by atoms with Gasteiger partial charge in [-0.2, -0.15) is 0 Å². The number of nitrogens with two attached hydrogens (primary N) is 1. The van der Waals surface area contributed by atoms with Crippen molar-refractivity contribution in [2.45, 2.75) is 6.92 Å². The van der Waals surface area contributed by atoms with Crippen molar-refractivity contribution in [2.75, 3.05) is 42.3 Å². The van der Waals surface area contributed by atoms with E-state index in [1.165, 1.54) is 0 Å². The largest absolute Gasteiger partial charge is 0.397 e.